The van der Waals surface area contributed by atoms with Crippen LogP contribution in [-0.4, -0.2) is 58.7 Å². The third-order valence-electron chi connectivity index (χ3n) is 6.73. The molecule has 1 saturated heterocycles. The van der Waals surface area contributed by atoms with Gasteiger partial charge in [-0.1, -0.05) is 29.8 Å². The number of anilines is 1. The first-order valence-corrected chi connectivity index (χ1v) is 13.9. The van der Waals surface area contributed by atoms with Crippen molar-refractivity contribution in [1.82, 2.24) is 14.6 Å². The summed E-state index contributed by atoms with van der Waals surface area (Å²) in [7, 11) is -4.53. The van der Waals surface area contributed by atoms with Crippen molar-refractivity contribution in [3.63, 3.8) is 0 Å². The van der Waals surface area contributed by atoms with Crippen LogP contribution in [0.15, 0.2) is 78.0 Å². The number of carboxylic acids is 1. The minimum atomic E-state index is -4.53. The number of aromatic nitrogens is 1. The maximum atomic E-state index is 13.9. The summed E-state index contributed by atoms with van der Waals surface area (Å²) in [4.78, 5) is 42.6. The maximum Gasteiger partial charge on any atom is 0.330 e. The average Bonchev–Trinajstić information content (AvgIpc) is 3.46. The van der Waals surface area contributed by atoms with Crippen LogP contribution in [0.4, 0.5) is 5.69 Å². The molecule has 1 aliphatic heterocycles. The van der Waals surface area contributed by atoms with Crippen LogP contribution < -0.4 is 10.6 Å². The molecule has 3 N–H and O–H groups in total. The van der Waals surface area contributed by atoms with Crippen LogP contribution in [0.5, 0.6) is 0 Å². The number of benzene rings is 2. The molecule has 1 aliphatic rings. The number of aliphatic carboxylic acids is 1. The monoisotopic (exact) mass is 550 g/mol. The van der Waals surface area contributed by atoms with Gasteiger partial charge in [0.15, 0.2) is 5.54 Å². The molecule has 4 rings (SSSR count). The maximum absolute atomic E-state index is 13.9. The lowest BCUT2D eigenvalue weighted by Crippen LogP contribution is -2.61. The molecule has 0 saturated carbocycles. The predicted octanol–water partition coefficient (Wildman–Crippen LogP) is 3.00. The fourth-order valence-corrected chi connectivity index (χ4v) is 6.25. The number of hydrogen-bond acceptors (Lipinski definition) is 7. The van der Waals surface area contributed by atoms with E-state index >= 15 is 0 Å². The third-order valence-corrected chi connectivity index (χ3v) is 8.66. The molecule has 3 aromatic rings. The van der Waals surface area contributed by atoms with E-state index in [1.165, 1.54) is 31.5 Å². The first kappa shape index (κ1) is 27.9. The zero-order chi connectivity index (χ0) is 28.2. The van der Waals surface area contributed by atoms with E-state index in [0.717, 1.165) is 5.56 Å². The molecular weight excluding hydrogens is 520 g/mol. The Balaban J connectivity index is 1.67. The molecule has 2 atom stereocenters. The second kappa shape index (κ2) is 11.3. The molecule has 0 radical (unpaired) electrons. The van der Waals surface area contributed by atoms with Gasteiger partial charge in [-0.3, -0.25) is 14.6 Å². The van der Waals surface area contributed by atoms with Crippen molar-refractivity contribution in [2.45, 2.75) is 49.6 Å². The number of nitrogens with zero attached hydrogens (tertiary/aromatic N) is 2. The number of pyridine rings is 1. The van der Waals surface area contributed by atoms with Crippen molar-refractivity contribution in [2.75, 3.05) is 11.9 Å². The molecule has 10 nitrogen and oxygen atoms in total. The topological polar surface area (TPSA) is 146 Å². The highest BCUT2D eigenvalue weighted by Crippen LogP contribution is 2.31. The number of carbonyl (C=O) groups is 3. The Morgan fingerprint density at radius 3 is 2.26 bits per heavy atom. The summed E-state index contributed by atoms with van der Waals surface area (Å²) < 4.78 is 28.2. The fraction of sp³-hybridized carbons (Fsp3) is 0.286. The quantitative estimate of drug-likeness (QED) is 0.369. The summed E-state index contributed by atoms with van der Waals surface area (Å²) in [5.74, 6) is -2.61. The Morgan fingerprint density at radius 1 is 1.05 bits per heavy atom. The van der Waals surface area contributed by atoms with Gasteiger partial charge in [0, 0.05) is 30.1 Å². The van der Waals surface area contributed by atoms with Gasteiger partial charge in [0.1, 0.15) is 0 Å². The van der Waals surface area contributed by atoms with Crippen molar-refractivity contribution in [3.8, 4) is 0 Å². The molecule has 1 fully saturated rings. The van der Waals surface area contributed by atoms with Crippen LogP contribution in [0.2, 0.25) is 0 Å². The van der Waals surface area contributed by atoms with E-state index in [-0.39, 0.29) is 17.2 Å². The fourth-order valence-electron chi connectivity index (χ4n) is 4.52. The van der Waals surface area contributed by atoms with Gasteiger partial charge in [-0.2, -0.15) is 0 Å². The smallest absolute Gasteiger partial charge is 0.330 e. The molecule has 0 bridgehead atoms. The lowest BCUT2D eigenvalue weighted by molar-refractivity contribution is -0.153. The number of hydrogen-bond donors (Lipinski definition) is 3. The normalized spacial score (nSPS) is 16.7. The van der Waals surface area contributed by atoms with E-state index in [9.17, 15) is 27.9 Å². The summed E-state index contributed by atoms with van der Waals surface area (Å²) in [6.45, 7) is 3.57. The number of carboxylic acid groups (broad SMARTS) is 1. The zero-order valence-electron chi connectivity index (χ0n) is 21.6. The van der Waals surface area contributed by atoms with Crippen molar-refractivity contribution < 1.29 is 27.9 Å². The van der Waals surface area contributed by atoms with Crippen LogP contribution in [0, 0.1) is 6.92 Å². The molecule has 204 valence electrons. The van der Waals surface area contributed by atoms with Crippen LogP contribution in [0.3, 0.4) is 0 Å². The van der Waals surface area contributed by atoms with E-state index in [2.05, 4.69) is 15.6 Å². The molecular formula is C28H30N4O6S. The Labute approximate surface area is 227 Å². The minimum absolute atomic E-state index is 0.166. The van der Waals surface area contributed by atoms with E-state index in [0.29, 0.717) is 40.5 Å². The first-order chi connectivity index (χ1) is 18.5. The van der Waals surface area contributed by atoms with Crippen LogP contribution in [-0.2, 0) is 26.0 Å². The third kappa shape index (κ3) is 5.99. The van der Waals surface area contributed by atoms with Crippen molar-refractivity contribution in [1.29, 1.82) is 0 Å². The van der Waals surface area contributed by atoms with Gasteiger partial charge in [0.2, 0.25) is 0 Å². The summed E-state index contributed by atoms with van der Waals surface area (Å²) in [6, 6.07) is 14.6. The van der Waals surface area contributed by atoms with Gasteiger partial charge in [-0.05, 0) is 75.2 Å². The molecule has 0 unspecified atom stereocenters. The van der Waals surface area contributed by atoms with Crippen LogP contribution in [0.1, 0.15) is 41.3 Å². The predicted molar refractivity (Wildman–Crippen MR) is 145 cm³/mol. The molecule has 39 heavy (non-hydrogen) atoms. The highest BCUT2D eigenvalue weighted by atomic mass is 32.2. The SMILES string of the molecule is Cc1ccc(S(=O)(=O)N(C(=O)[C@@H]2CCCN2)[C@@](C)(Cc2ccc(NC(=O)c3ccncc3)cc2)C(=O)O)cc1. The summed E-state index contributed by atoms with van der Waals surface area (Å²) >= 11 is 0. The van der Waals surface area contributed by atoms with E-state index < -0.39 is 33.5 Å². The minimum Gasteiger partial charge on any atom is -0.479 e. The largest absolute Gasteiger partial charge is 0.479 e. The summed E-state index contributed by atoms with van der Waals surface area (Å²) in [5.41, 5.74) is 0.0448. The number of nitrogens with one attached hydrogen (secondary N) is 2. The molecule has 2 aromatic carbocycles. The van der Waals surface area contributed by atoms with Gasteiger partial charge in [0.25, 0.3) is 21.8 Å². The van der Waals surface area contributed by atoms with Gasteiger partial charge in [-0.25, -0.2) is 17.5 Å². The zero-order valence-corrected chi connectivity index (χ0v) is 22.4. The van der Waals surface area contributed by atoms with Gasteiger partial charge in [0.05, 0.1) is 10.9 Å². The number of aryl methyl sites for hydroxylation is 1. The number of carbonyl (C=O) groups excluding carboxylic acids is 2. The Hall–Kier alpha value is -4.09. The van der Waals surface area contributed by atoms with E-state index in [1.807, 2.05) is 0 Å². The highest BCUT2D eigenvalue weighted by molar-refractivity contribution is 7.89. The summed E-state index contributed by atoms with van der Waals surface area (Å²) in [5, 5.41) is 16.1. The van der Waals surface area contributed by atoms with Gasteiger partial charge < -0.3 is 15.7 Å². The van der Waals surface area contributed by atoms with E-state index in [4.69, 9.17) is 0 Å². The van der Waals surface area contributed by atoms with Gasteiger partial charge in [-0.15, -0.1) is 0 Å². The standard InChI is InChI=1S/C28H30N4O6S/c1-19-5-11-23(12-6-19)39(37,38)32(26(34)24-4-3-15-30-24)28(2,27(35)36)18-20-7-9-22(10-8-20)31-25(33)21-13-16-29-17-14-21/h5-14,16-17,24,30H,3-4,15,18H2,1-2H3,(H,31,33)(H,35,36)/t24-,28-/m0/s1. The molecule has 11 heteroatoms. The lowest BCUT2D eigenvalue weighted by atomic mass is 9.92. The second-order valence-electron chi connectivity index (χ2n) is 9.71. The average molecular weight is 551 g/mol. The Morgan fingerprint density at radius 2 is 1.69 bits per heavy atom. The molecule has 0 aliphatic carbocycles. The van der Waals surface area contributed by atoms with Crippen LogP contribution in [0.25, 0.3) is 0 Å². The van der Waals surface area contributed by atoms with E-state index in [1.54, 1.807) is 55.5 Å². The Bertz CT molecular complexity index is 1450. The van der Waals surface area contributed by atoms with Crippen molar-refractivity contribution in [2.24, 2.45) is 0 Å². The van der Waals surface area contributed by atoms with Crippen LogP contribution >= 0.6 is 0 Å². The first-order valence-electron chi connectivity index (χ1n) is 12.5. The summed E-state index contributed by atoms with van der Waals surface area (Å²) in [6.07, 6.45) is 3.79. The van der Waals surface area contributed by atoms with Gasteiger partial charge >= 0.3 is 5.97 Å². The van der Waals surface area contributed by atoms with Crippen molar-refractivity contribution >= 4 is 33.5 Å². The van der Waals surface area contributed by atoms with Crippen molar-refractivity contribution in [3.05, 3.63) is 89.7 Å². The molecule has 1 aromatic heterocycles. The molecule has 2 amide bonds. The number of amides is 2. The molecule has 2 heterocycles. The molecule has 0 spiro atoms. The number of rotatable bonds is 9. The Kier molecular flexibility index (Phi) is 8.12. The highest BCUT2D eigenvalue weighted by Gasteiger charge is 2.51. The lowest BCUT2D eigenvalue weighted by Gasteiger charge is -2.38. The number of sulfonamides is 1. The second-order valence-corrected chi connectivity index (χ2v) is 11.5.